The molecular formula is C18H29IN6. The molecule has 0 aromatic carbocycles. The molecule has 25 heavy (non-hydrogen) atoms. The molecule has 0 amide bonds. The summed E-state index contributed by atoms with van der Waals surface area (Å²) in [7, 11) is 2.04. The fourth-order valence-electron chi connectivity index (χ4n) is 3.34. The lowest BCUT2D eigenvalue weighted by Gasteiger charge is -2.39. The Morgan fingerprint density at radius 1 is 1.40 bits per heavy atom. The third-order valence-corrected chi connectivity index (χ3v) is 4.77. The van der Waals surface area contributed by atoms with Crippen molar-refractivity contribution < 1.29 is 0 Å². The van der Waals surface area contributed by atoms with Crippen molar-refractivity contribution in [1.82, 2.24) is 24.3 Å². The van der Waals surface area contributed by atoms with E-state index < -0.39 is 0 Å². The molecule has 0 aliphatic carbocycles. The van der Waals surface area contributed by atoms with Gasteiger partial charge >= 0.3 is 0 Å². The first kappa shape index (κ1) is 19.8. The number of hydrogen-bond acceptors (Lipinski definition) is 2. The number of likely N-dealkylation sites (tertiary alicyclic amines) is 1. The van der Waals surface area contributed by atoms with E-state index >= 15 is 0 Å². The van der Waals surface area contributed by atoms with Crippen LogP contribution in [0.1, 0.15) is 31.9 Å². The molecule has 3 heterocycles. The SMILES string of the molecule is CCNC(=NCc1ccn(C)c1)N1CCC(C)C(n2ccnc2)C1.I. The Kier molecular flexibility index (Phi) is 7.34. The average molecular weight is 456 g/mol. The van der Waals surface area contributed by atoms with Gasteiger partial charge in [-0.1, -0.05) is 6.92 Å². The molecule has 0 bridgehead atoms. The van der Waals surface area contributed by atoms with Crippen LogP contribution in [0.4, 0.5) is 0 Å². The summed E-state index contributed by atoms with van der Waals surface area (Å²) < 4.78 is 4.30. The van der Waals surface area contributed by atoms with Crippen LogP contribution in [0.5, 0.6) is 0 Å². The number of guanidine groups is 1. The summed E-state index contributed by atoms with van der Waals surface area (Å²) in [6, 6.07) is 2.57. The third kappa shape index (κ3) is 4.99. The second kappa shape index (κ2) is 9.26. The largest absolute Gasteiger partial charge is 0.357 e. The van der Waals surface area contributed by atoms with E-state index in [4.69, 9.17) is 4.99 Å². The molecule has 1 N–H and O–H groups in total. The maximum atomic E-state index is 4.85. The maximum absolute atomic E-state index is 4.85. The van der Waals surface area contributed by atoms with Gasteiger partial charge in [0.1, 0.15) is 0 Å². The first-order valence-electron chi connectivity index (χ1n) is 8.79. The molecular weight excluding hydrogens is 427 g/mol. The summed E-state index contributed by atoms with van der Waals surface area (Å²) >= 11 is 0. The van der Waals surface area contributed by atoms with Gasteiger partial charge in [-0.15, -0.1) is 24.0 Å². The van der Waals surface area contributed by atoms with Crippen molar-refractivity contribution in [2.75, 3.05) is 19.6 Å². The summed E-state index contributed by atoms with van der Waals surface area (Å²) in [6.45, 7) is 8.07. The summed E-state index contributed by atoms with van der Waals surface area (Å²) in [5.41, 5.74) is 1.24. The number of imidazole rings is 1. The molecule has 1 aliphatic heterocycles. The fourth-order valence-corrected chi connectivity index (χ4v) is 3.34. The molecule has 2 unspecified atom stereocenters. The zero-order valence-corrected chi connectivity index (χ0v) is 17.6. The van der Waals surface area contributed by atoms with Gasteiger partial charge in [0.05, 0.1) is 18.9 Å². The van der Waals surface area contributed by atoms with Crippen molar-refractivity contribution in [1.29, 1.82) is 0 Å². The molecule has 2 aromatic rings. The standard InChI is InChI=1S/C18H28N6.HI/c1-4-20-18(21-11-16-6-8-22(3)12-16)23-9-5-15(2)17(13-23)24-10-7-19-14-24;/h6-8,10,12,14-15,17H,4-5,9,11,13H2,1-3H3,(H,20,21);1H. The van der Waals surface area contributed by atoms with Gasteiger partial charge in [0.2, 0.25) is 0 Å². The van der Waals surface area contributed by atoms with Gasteiger partial charge in [0.15, 0.2) is 5.96 Å². The molecule has 0 spiro atoms. The number of halogens is 1. The number of nitrogens with one attached hydrogen (secondary N) is 1. The molecule has 6 nitrogen and oxygen atoms in total. The second-order valence-electron chi connectivity index (χ2n) is 6.64. The zero-order valence-electron chi connectivity index (χ0n) is 15.3. The molecule has 1 fully saturated rings. The topological polar surface area (TPSA) is 50.4 Å². The number of nitrogens with zero attached hydrogens (tertiary/aromatic N) is 5. The molecule has 3 rings (SSSR count). The maximum Gasteiger partial charge on any atom is 0.194 e. The van der Waals surface area contributed by atoms with E-state index in [1.165, 1.54) is 12.0 Å². The van der Waals surface area contributed by atoms with E-state index in [1.54, 1.807) is 0 Å². The molecule has 1 aliphatic rings. The van der Waals surface area contributed by atoms with Crippen LogP contribution in [-0.4, -0.2) is 44.6 Å². The van der Waals surface area contributed by atoms with Crippen molar-refractivity contribution in [3.05, 3.63) is 42.7 Å². The van der Waals surface area contributed by atoms with Crippen LogP contribution in [0.25, 0.3) is 0 Å². The highest BCUT2D eigenvalue weighted by molar-refractivity contribution is 14.0. The van der Waals surface area contributed by atoms with Crippen LogP contribution >= 0.6 is 24.0 Å². The zero-order chi connectivity index (χ0) is 16.9. The minimum absolute atomic E-state index is 0. The second-order valence-corrected chi connectivity index (χ2v) is 6.64. The van der Waals surface area contributed by atoms with Crippen molar-refractivity contribution in [3.8, 4) is 0 Å². The summed E-state index contributed by atoms with van der Waals surface area (Å²) in [5.74, 6) is 1.66. The number of rotatable bonds is 4. The Morgan fingerprint density at radius 3 is 2.88 bits per heavy atom. The smallest absolute Gasteiger partial charge is 0.194 e. The number of aromatic nitrogens is 3. The minimum Gasteiger partial charge on any atom is -0.357 e. The van der Waals surface area contributed by atoms with Gasteiger partial charge < -0.3 is 19.4 Å². The van der Waals surface area contributed by atoms with Crippen LogP contribution in [0, 0.1) is 5.92 Å². The molecule has 138 valence electrons. The van der Waals surface area contributed by atoms with Crippen LogP contribution in [0.3, 0.4) is 0 Å². The Balaban J connectivity index is 0.00000225. The number of aryl methyl sites for hydroxylation is 1. The predicted molar refractivity (Wildman–Crippen MR) is 112 cm³/mol. The van der Waals surface area contributed by atoms with Gasteiger partial charge in [0, 0.05) is 51.5 Å². The lowest BCUT2D eigenvalue weighted by molar-refractivity contribution is 0.189. The van der Waals surface area contributed by atoms with E-state index in [9.17, 15) is 0 Å². The van der Waals surface area contributed by atoms with E-state index in [1.807, 2.05) is 19.6 Å². The predicted octanol–water partition coefficient (Wildman–Crippen LogP) is 2.89. The molecule has 7 heteroatoms. The Morgan fingerprint density at radius 2 is 2.24 bits per heavy atom. The highest BCUT2D eigenvalue weighted by Crippen LogP contribution is 2.27. The third-order valence-electron chi connectivity index (χ3n) is 4.77. The normalized spacial score (nSPS) is 21.1. The van der Waals surface area contributed by atoms with E-state index in [-0.39, 0.29) is 24.0 Å². The van der Waals surface area contributed by atoms with E-state index in [0.29, 0.717) is 18.5 Å². The van der Waals surface area contributed by atoms with E-state index in [0.717, 1.165) is 25.6 Å². The lowest BCUT2D eigenvalue weighted by Crippen LogP contribution is -2.49. The monoisotopic (exact) mass is 456 g/mol. The number of aliphatic imine (C=N–C) groups is 1. The Hall–Kier alpha value is -1.51. The molecule has 0 saturated carbocycles. The lowest BCUT2D eigenvalue weighted by atomic mass is 9.93. The molecule has 2 atom stereocenters. The van der Waals surface area contributed by atoms with Crippen LogP contribution in [0.2, 0.25) is 0 Å². The molecule has 0 radical (unpaired) electrons. The van der Waals surface area contributed by atoms with Gasteiger partial charge in [-0.3, -0.25) is 0 Å². The highest BCUT2D eigenvalue weighted by Gasteiger charge is 2.28. The summed E-state index contributed by atoms with van der Waals surface area (Å²) in [6.07, 6.45) is 11.2. The number of hydrogen-bond donors (Lipinski definition) is 1. The van der Waals surface area contributed by atoms with Crippen LogP contribution < -0.4 is 5.32 Å². The van der Waals surface area contributed by atoms with Gasteiger partial charge in [-0.05, 0) is 30.9 Å². The Bertz CT molecular complexity index is 663. The Labute approximate surface area is 167 Å². The quantitative estimate of drug-likeness (QED) is 0.438. The van der Waals surface area contributed by atoms with Gasteiger partial charge in [0.25, 0.3) is 0 Å². The average Bonchev–Trinajstić information content (AvgIpc) is 3.24. The van der Waals surface area contributed by atoms with Gasteiger partial charge in [-0.25, -0.2) is 9.98 Å². The first-order valence-corrected chi connectivity index (χ1v) is 8.79. The fraction of sp³-hybridized carbons (Fsp3) is 0.556. The summed E-state index contributed by atoms with van der Waals surface area (Å²) in [5, 5.41) is 3.45. The van der Waals surface area contributed by atoms with Crippen LogP contribution in [-0.2, 0) is 13.6 Å². The van der Waals surface area contributed by atoms with Crippen molar-refractivity contribution in [2.45, 2.75) is 32.9 Å². The minimum atomic E-state index is 0. The highest BCUT2D eigenvalue weighted by atomic mass is 127. The number of piperidine rings is 1. The van der Waals surface area contributed by atoms with Crippen molar-refractivity contribution in [2.24, 2.45) is 18.0 Å². The van der Waals surface area contributed by atoms with Crippen molar-refractivity contribution in [3.63, 3.8) is 0 Å². The van der Waals surface area contributed by atoms with Gasteiger partial charge in [-0.2, -0.15) is 0 Å². The van der Waals surface area contributed by atoms with Crippen LogP contribution in [0.15, 0.2) is 42.2 Å². The first-order chi connectivity index (χ1) is 11.7. The van der Waals surface area contributed by atoms with E-state index in [2.05, 4.69) is 62.8 Å². The molecule has 1 saturated heterocycles. The van der Waals surface area contributed by atoms with Crippen molar-refractivity contribution >= 4 is 29.9 Å². The summed E-state index contributed by atoms with van der Waals surface area (Å²) in [4.78, 5) is 11.5. The molecule has 2 aromatic heterocycles.